The van der Waals surface area contributed by atoms with E-state index in [1.54, 1.807) is 12.1 Å². The molecule has 0 saturated carbocycles. The minimum absolute atomic E-state index is 0.167. The first-order valence-corrected chi connectivity index (χ1v) is 9.80. The predicted molar refractivity (Wildman–Crippen MR) is 105 cm³/mol. The van der Waals surface area contributed by atoms with E-state index in [2.05, 4.69) is 45.9 Å². The Balaban J connectivity index is 1.36. The molecule has 2 aromatic rings. The highest BCUT2D eigenvalue weighted by atomic mass is 19.1. The fourth-order valence-corrected chi connectivity index (χ4v) is 4.57. The van der Waals surface area contributed by atoms with Gasteiger partial charge in [0.2, 0.25) is 0 Å². The highest BCUT2D eigenvalue weighted by Gasteiger charge is 2.38. The van der Waals surface area contributed by atoms with Gasteiger partial charge in [-0.2, -0.15) is 0 Å². The third-order valence-electron chi connectivity index (χ3n) is 5.75. The Morgan fingerprint density at radius 1 is 1.04 bits per heavy atom. The smallest absolute Gasteiger partial charge is 0.319 e. The second-order valence-electron chi connectivity index (χ2n) is 7.67. The van der Waals surface area contributed by atoms with Crippen LogP contribution in [-0.2, 0) is 6.54 Å². The van der Waals surface area contributed by atoms with Gasteiger partial charge in [-0.1, -0.05) is 42.8 Å². The molecule has 2 amide bonds. The summed E-state index contributed by atoms with van der Waals surface area (Å²) in [5.74, 6) is -0.350. The third kappa shape index (κ3) is 4.48. The average molecular weight is 367 g/mol. The third-order valence-corrected chi connectivity index (χ3v) is 5.75. The van der Waals surface area contributed by atoms with Crippen molar-refractivity contribution in [3.8, 4) is 0 Å². The van der Waals surface area contributed by atoms with Crippen LogP contribution < -0.4 is 10.6 Å². The molecule has 2 N–H and O–H groups in total. The number of hydrogen-bond donors (Lipinski definition) is 2. The molecule has 3 atom stereocenters. The summed E-state index contributed by atoms with van der Waals surface area (Å²) in [5, 5.41) is 5.84. The lowest BCUT2D eigenvalue weighted by Crippen LogP contribution is -2.56. The van der Waals surface area contributed by atoms with Gasteiger partial charge >= 0.3 is 6.03 Å². The van der Waals surface area contributed by atoms with E-state index in [4.69, 9.17) is 0 Å². The number of nitrogens with one attached hydrogen (secondary N) is 2. The minimum Gasteiger partial charge on any atom is -0.335 e. The molecule has 27 heavy (non-hydrogen) atoms. The Morgan fingerprint density at radius 3 is 2.48 bits per heavy atom. The van der Waals surface area contributed by atoms with E-state index >= 15 is 0 Å². The molecule has 5 heteroatoms. The second-order valence-corrected chi connectivity index (χ2v) is 7.67. The molecule has 2 aliphatic rings. The normalized spacial score (nSPS) is 25.0. The molecule has 2 bridgehead atoms. The van der Waals surface area contributed by atoms with Gasteiger partial charge in [0.15, 0.2) is 0 Å². The molecule has 2 fully saturated rings. The molecule has 2 heterocycles. The van der Waals surface area contributed by atoms with Gasteiger partial charge in [-0.25, -0.2) is 9.18 Å². The summed E-state index contributed by atoms with van der Waals surface area (Å²) in [5.41, 5.74) is 1.83. The van der Waals surface area contributed by atoms with E-state index < -0.39 is 0 Å². The van der Waals surface area contributed by atoms with Crippen molar-refractivity contribution in [2.75, 3.05) is 5.32 Å². The van der Waals surface area contributed by atoms with Crippen LogP contribution in [0.2, 0.25) is 0 Å². The van der Waals surface area contributed by atoms with Crippen molar-refractivity contribution in [1.82, 2.24) is 10.2 Å². The fraction of sp³-hybridized carbons (Fsp3) is 0.409. The lowest BCUT2D eigenvalue weighted by Gasteiger charge is -2.49. The van der Waals surface area contributed by atoms with Crippen molar-refractivity contribution in [2.24, 2.45) is 0 Å². The molecule has 0 spiro atoms. The Kier molecular flexibility index (Phi) is 5.39. The van der Waals surface area contributed by atoms with Crippen LogP contribution in [0.15, 0.2) is 54.6 Å². The molecule has 2 aliphatic heterocycles. The maximum absolute atomic E-state index is 13.3. The summed E-state index contributed by atoms with van der Waals surface area (Å²) in [4.78, 5) is 15.0. The first-order valence-electron chi connectivity index (χ1n) is 9.80. The average Bonchev–Trinajstić information content (AvgIpc) is 2.63. The van der Waals surface area contributed by atoms with E-state index in [0.717, 1.165) is 19.4 Å². The quantitative estimate of drug-likeness (QED) is 0.834. The van der Waals surface area contributed by atoms with Crippen LogP contribution in [0.25, 0.3) is 0 Å². The standard InChI is InChI=1S/C22H26FN3O/c23-17-8-4-9-18(12-17)24-22(27)25-19-13-20-10-5-11-21(14-19)26(20)15-16-6-2-1-3-7-16/h1-4,6-9,12,19-21H,5,10-11,13-15H2,(H2,24,25,27)/t19?,20-,21+. The van der Waals surface area contributed by atoms with Crippen molar-refractivity contribution in [2.45, 2.75) is 56.8 Å². The number of amides is 2. The van der Waals surface area contributed by atoms with Gasteiger partial charge in [0.25, 0.3) is 0 Å². The van der Waals surface area contributed by atoms with Crippen LogP contribution in [0.4, 0.5) is 14.9 Å². The first kappa shape index (κ1) is 18.0. The molecule has 0 aliphatic carbocycles. The summed E-state index contributed by atoms with van der Waals surface area (Å²) >= 11 is 0. The molecular formula is C22H26FN3O. The number of rotatable bonds is 4. The molecule has 1 unspecified atom stereocenters. The summed E-state index contributed by atoms with van der Waals surface area (Å²) in [6, 6.07) is 17.5. The lowest BCUT2D eigenvalue weighted by molar-refractivity contribution is 0.0200. The van der Waals surface area contributed by atoms with Crippen molar-refractivity contribution in [1.29, 1.82) is 0 Å². The number of hydrogen-bond acceptors (Lipinski definition) is 2. The number of fused-ring (bicyclic) bond motifs is 2. The highest BCUT2D eigenvalue weighted by molar-refractivity contribution is 5.89. The number of nitrogens with zero attached hydrogens (tertiary/aromatic N) is 1. The summed E-state index contributed by atoms with van der Waals surface area (Å²) in [7, 11) is 0. The molecule has 0 aromatic heterocycles. The maximum Gasteiger partial charge on any atom is 0.319 e. The summed E-state index contributed by atoms with van der Waals surface area (Å²) in [6.45, 7) is 0.985. The van der Waals surface area contributed by atoms with Gasteiger partial charge in [-0.05, 0) is 49.4 Å². The minimum atomic E-state index is -0.350. The fourth-order valence-electron chi connectivity index (χ4n) is 4.57. The molecule has 0 radical (unpaired) electrons. The van der Waals surface area contributed by atoms with Crippen molar-refractivity contribution >= 4 is 11.7 Å². The zero-order valence-corrected chi connectivity index (χ0v) is 15.4. The zero-order valence-electron chi connectivity index (χ0n) is 15.4. The highest BCUT2D eigenvalue weighted by Crippen LogP contribution is 2.35. The number of halogens is 1. The topological polar surface area (TPSA) is 44.4 Å². The molecule has 2 saturated heterocycles. The van der Waals surface area contributed by atoms with E-state index in [0.29, 0.717) is 17.8 Å². The maximum atomic E-state index is 13.3. The second kappa shape index (κ2) is 8.09. The number of carbonyl (C=O) groups excluding carboxylic acids is 1. The van der Waals surface area contributed by atoms with Gasteiger partial charge < -0.3 is 10.6 Å². The summed E-state index contributed by atoms with van der Waals surface area (Å²) in [6.07, 6.45) is 5.59. The van der Waals surface area contributed by atoms with Crippen LogP contribution >= 0.6 is 0 Å². The van der Waals surface area contributed by atoms with E-state index in [-0.39, 0.29) is 17.9 Å². The monoisotopic (exact) mass is 367 g/mol. The Bertz CT molecular complexity index is 768. The number of anilines is 1. The van der Waals surface area contributed by atoms with Crippen LogP contribution in [-0.4, -0.2) is 29.1 Å². The summed E-state index contributed by atoms with van der Waals surface area (Å²) < 4.78 is 13.3. The number of piperidine rings is 2. The van der Waals surface area contributed by atoms with Gasteiger partial charge in [0.05, 0.1) is 0 Å². The SMILES string of the molecule is O=C(Nc1cccc(F)c1)NC1C[C@H]2CCC[C@@H](C1)N2Cc1ccccc1. The van der Waals surface area contributed by atoms with Crippen LogP contribution in [0, 0.1) is 5.82 Å². The largest absolute Gasteiger partial charge is 0.335 e. The van der Waals surface area contributed by atoms with Crippen molar-refractivity contribution < 1.29 is 9.18 Å². The lowest BCUT2D eigenvalue weighted by atomic mass is 9.81. The van der Waals surface area contributed by atoms with E-state index in [9.17, 15) is 9.18 Å². The molecular weight excluding hydrogens is 341 g/mol. The molecule has 142 valence electrons. The Hall–Kier alpha value is -2.40. The van der Waals surface area contributed by atoms with Crippen LogP contribution in [0.5, 0.6) is 0 Å². The number of carbonyl (C=O) groups is 1. The van der Waals surface area contributed by atoms with Gasteiger partial charge in [0.1, 0.15) is 5.82 Å². The molecule has 4 nitrogen and oxygen atoms in total. The van der Waals surface area contributed by atoms with Crippen LogP contribution in [0.1, 0.15) is 37.7 Å². The van der Waals surface area contributed by atoms with E-state index in [1.807, 2.05) is 0 Å². The Morgan fingerprint density at radius 2 is 1.78 bits per heavy atom. The van der Waals surface area contributed by atoms with Gasteiger partial charge in [0, 0.05) is 30.4 Å². The Labute approximate surface area is 159 Å². The molecule has 2 aromatic carbocycles. The number of urea groups is 1. The van der Waals surface area contributed by atoms with E-state index in [1.165, 1.54) is 37.0 Å². The first-order chi connectivity index (χ1) is 13.2. The predicted octanol–water partition coefficient (Wildman–Crippen LogP) is 4.53. The zero-order chi connectivity index (χ0) is 18.6. The van der Waals surface area contributed by atoms with Crippen molar-refractivity contribution in [3.63, 3.8) is 0 Å². The number of benzene rings is 2. The van der Waals surface area contributed by atoms with Crippen LogP contribution in [0.3, 0.4) is 0 Å². The molecule has 4 rings (SSSR count). The van der Waals surface area contributed by atoms with Crippen molar-refractivity contribution in [3.05, 3.63) is 66.0 Å². The van der Waals surface area contributed by atoms with Gasteiger partial charge in [-0.15, -0.1) is 0 Å². The van der Waals surface area contributed by atoms with Gasteiger partial charge in [-0.3, -0.25) is 4.90 Å².